The van der Waals surface area contributed by atoms with Gasteiger partial charge < -0.3 is 21.1 Å². The average molecular weight is 633 g/mol. The molecule has 4 rings (SSSR count). The van der Waals surface area contributed by atoms with E-state index in [1.807, 2.05) is 20.8 Å². The lowest BCUT2D eigenvalue weighted by molar-refractivity contribution is -0.109. The fourth-order valence-corrected chi connectivity index (χ4v) is 4.50. The van der Waals surface area contributed by atoms with Gasteiger partial charge in [-0.25, -0.2) is 8.78 Å². The molecule has 2 fully saturated rings. The Bertz CT molecular complexity index is 1060. The van der Waals surface area contributed by atoms with Gasteiger partial charge in [0.15, 0.2) is 0 Å². The van der Waals surface area contributed by atoms with Crippen molar-refractivity contribution in [3.63, 3.8) is 0 Å². The largest absolute Gasteiger partial charge is 0.393 e. The number of aliphatic hydroxyl groups is 1. The third kappa shape index (κ3) is 15.8. The van der Waals surface area contributed by atoms with E-state index >= 15 is 0 Å². The van der Waals surface area contributed by atoms with Gasteiger partial charge in [0.2, 0.25) is 12.8 Å². The molecule has 0 bridgehead atoms. The molecular formula is C32H49Cl2F2N3O3. The van der Waals surface area contributed by atoms with Gasteiger partial charge in [-0.05, 0) is 60.6 Å². The van der Waals surface area contributed by atoms with Crippen LogP contribution in [-0.4, -0.2) is 43.7 Å². The van der Waals surface area contributed by atoms with E-state index < -0.39 is 11.6 Å². The number of hydrogen-bond donors (Lipinski definition) is 4. The first-order chi connectivity index (χ1) is 19.8. The molecule has 1 saturated heterocycles. The van der Waals surface area contributed by atoms with Crippen molar-refractivity contribution >= 4 is 41.7 Å². The van der Waals surface area contributed by atoms with E-state index in [1.165, 1.54) is 31.0 Å². The number of halogens is 4. The quantitative estimate of drug-likeness (QED) is 0.243. The van der Waals surface area contributed by atoms with Gasteiger partial charge in [0.25, 0.3) is 0 Å². The van der Waals surface area contributed by atoms with Crippen LogP contribution in [0.15, 0.2) is 30.3 Å². The highest BCUT2D eigenvalue weighted by Crippen LogP contribution is 2.41. The van der Waals surface area contributed by atoms with Crippen LogP contribution in [0.4, 0.5) is 14.5 Å². The molecule has 1 heterocycles. The molecule has 2 aromatic rings. The fourth-order valence-electron chi connectivity index (χ4n) is 4.14. The van der Waals surface area contributed by atoms with E-state index in [1.54, 1.807) is 12.1 Å². The number of benzene rings is 2. The molecule has 1 aliphatic heterocycles. The van der Waals surface area contributed by atoms with Crippen LogP contribution in [0.2, 0.25) is 10.0 Å². The summed E-state index contributed by atoms with van der Waals surface area (Å²) in [5.41, 5.74) is 2.45. The summed E-state index contributed by atoms with van der Waals surface area (Å²) in [6.45, 7) is 16.6. The van der Waals surface area contributed by atoms with E-state index in [0.717, 1.165) is 24.9 Å². The zero-order valence-electron chi connectivity index (χ0n) is 26.0. The third-order valence-electron chi connectivity index (χ3n) is 5.90. The molecule has 2 amide bonds. The number of nitrogens with one attached hydrogen (secondary N) is 3. The predicted molar refractivity (Wildman–Crippen MR) is 172 cm³/mol. The maximum atomic E-state index is 14.0. The van der Waals surface area contributed by atoms with Gasteiger partial charge in [-0.15, -0.1) is 0 Å². The molecule has 10 heteroatoms. The van der Waals surface area contributed by atoms with E-state index in [4.69, 9.17) is 28.3 Å². The highest BCUT2D eigenvalue weighted by Gasteiger charge is 2.32. The lowest BCUT2D eigenvalue weighted by atomic mass is 9.83. The number of carbonyl (C=O) groups excluding carboxylic acids is 2. The zero-order chi connectivity index (χ0) is 32.3. The smallest absolute Gasteiger partial charge is 0.211 e. The van der Waals surface area contributed by atoms with Crippen molar-refractivity contribution in [3.8, 4) is 0 Å². The summed E-state index contributed by atoms with van der Waals surface area (Å²) < 4.78 is 27.4. The molecule has 1 aliphatic carbocycles. The Labute approximate surface area is 261 Å². The fraction of sp³-hybridized carbons (Fsp3) is 0.562. The second-order valence-corrected chi connectivity index (χ2v) is 12.1. The van der Waals surface area contributed by atoms with E-state index in [-0.39, 0.29) is 28.0 Å². The molecular weight excluding hydrogens is 583 g/mol. The van der Waals surface area contributed by atoms with Crippen LogP contribution in [0.1, 0.15) is 97.1 Å². The first kappa shape index (κ1) is 39.7. The Morgan fingerprint density at radius 3 is 1.90 bits per heavy atom. The SMILES string of the molecule is CC.CC(C)(C)C.CCNC=O.O=CNc1cc(Cl)c(F)cc1[C@@H]1CNC[C@@H]1c1ccc(F)c(Cl)c1.OC1CCCC1. The summed E-state index contributed by atoms with van der Waals surface area (Å²) >= 11 is 11.7. The van der Waals surface area contributed by atoms with Crippen LogP contribution >= 0.6 is 23.2 Å². The summed E-state index contributed by atoms with van der Waals surface area (Å²) in [5.74, 6) is -1.17. The van der Waals surface area contributed by atoms with Gasteiger partial charge in [-0.2, -0.15) is 0 Å². The molecule has 2 aliphatic rings. The van der Waals surface area contributed by atoms with Crippen molar-refractivity contribution < 1.29 is 23.5 Å². The van der Waals surface area contributed by atoms with Crippen LogP contribution in [-0.2, 0) is 9.59 Å². The minimum Gasteiger partial charge on any atom is -0.393 e. The number of rotatable bonds is 6. The molecule has 1 saturated carbocycles. The molecule has 0 radical (unpaired) electrons. The van der Waals surface area contributed by atoms with Crippen molar-refractivity contribution in [2.75, 3.05) is 25.0 Å². The minimum absolute atomic E-state index is 0.0316. The topological polar surface area (TPSA) is 90.5 Å². The summed E-state index contributed by atoms with van der Waals surface area (Å²) in [7, 11) is 0. The van der Waals surface area contributed by atoms with Crippen LogP contribution in [0, 0.1) is 17.0 Å². The van der Waals surface area contributed by atoms with Crippen molar-refractivity contribution in [2.24, 2.45) is 5.41 Å². The molecule has 2 atom stereocenters. The molecule has 4 N–H and O–H groups in total. The van der Waals surface area contributed by atoms with E-state index in [0.29, 0.717) is 42.6 Å². The second-order valence-electron chi connectivity index (χ2n) is 11.3. The zero-order valence-corrected chi connectivity index (χ0v) is 27.5. The van der Waals surface area contributed by atoms with Crippen LogP contribution in [0.25, 0.3) is 0 Å². The lowest BCUT2D eigenvalue weighted by Crippen LogP contribution is -2.12. The van der Waals surface area contributed by atoms with E-state index in [2.05, 4.69) is 43.6 Å². The van der Waals surface area contributed by atoms with Crippen LogP contribution in [0.3, 0.4) is 0 Å². The predicted octanol–water partition coefficient (Wildman–Crippen LogP) is 8.06. The Balaban J connectivity index is 0.000000759. The van der Waals surface area contributed by atoms with Crippen molar-refractivity contribution in [3.05, 3.63) is 63.1 Å². The molecule has 2 aromatic carbocycles. The maximum Gasteiger partial charge on any atom is 0.211 e. The van der Waals surface area contributed by atoms with Crippen LogP contribution < -0.4 is 16.0 Å². The van der Waals surface area contributed by atoms with Gasteiger partial charge in [-0.3, -0.25) is 9.59 Å². The van der Waals surface area contributed by atoms with Gasteiger partial charge in [0.1, 0.15) is 11.6 Å². The monoisotopic (exact) mass is 631 g/mol. The van der Waals surface area contributed by atoms with Gasteiger partial charge in [0, 0.05) is 37.2 Å². The van der Waals surface area contributed by atoms with Gasteiger partial charge in [-0.1, -0.05) is 83.7 Å². The molecule has 6 nitrogen and oxygen atoms in total. The van der Waals surface area contributed by atoms with Crippen molar-refractivity contribution in [1.29, 1.82) is 0 Å². The normalized spacial score (nSPS) is 17.5. The number of aliphatic hydroxyl groups excluding tert-OH is 1. The Morgan fingerprint density at radius 1 is 0.929 bits per heavy atom. The molecule has 238 valence electrons. The summed E-state index contributed by atoms with van der Waals surface area (Å²) in [4.78, 5) is 20.1. The van der Waals surface area contributed by atoms with Gasteiger partial charge >= 0.3 is 0 Å². The molecule has 0 unspecified atom stereocenters. The highest BCUT2D eigenvalue weighted by atomic mass is 35.5. The van der Waals surface area contributed by atoms with Crippen LogP contribution in [0.5, 0.6) is 0 Å². The second kappa shape index (κ2) is 21.4. The Kier molecular flexibility index (Phi) is 20.3. The minimum atomic E-state index is -0.550. The standard InChI is InChI=1S/C17H14Cl2F2N2O.C5H10O.C5H12.C3H7NO.C2H6/c18-13-3-9(1-2-15(13)20)11-6-22-7-12(11)10-4-16(21)14(19)5-17(10)23-8-24;6-5-3-1-2-4-5;1-5(2,3)4;1-2-4-3-5;1-2/h1-5,8,11-12,22H,6-7H2,(H,23,24);5-6H,1-4H2;1-4H3;3H,2H2,1H3,(H,4,5);1-2H3/t11-,12+;;;;/m1..../s1. The summed E-state index contributed by atoms with van der Waals surface area (Å²) in [6, 6.07) is 7.31. The third-order valence-corrected chi connectivity index (χ3v) is 6.48. The number of hydrogen-bond acceptors (Lipinski definition) is 4. The average Bonchev–Trinajstić information content (AvgIpc) is 3.61. The molecule has 0 aromatic heterocycles. The first-order valence-electron chi connectivity index (χ1n) is 14.5. The first-order valence-corrected chi connectivity index (χ1v) is 15.3. The summed E-state index contributed by atoms with van der Waals surface area (Å²) in [5, 5.41) is 17.0. The van der Waals surface area contributed by atoms with Crippen molar-refractivity contribution in [2.45, 2.75) is 92.1 Å². The summed E-state index contributed by atoms with van der Waals surface area (Å²) in [6.07, 6.45) is 5.81. The molecule has 42 heavy (non-hydrogen) atoms. The Morgan fingerprint density at radius 2 is 1.48 bits per heavy atom. The Hall–Kier alpha value is -2.26. The number of amides is 2. The van der Waals surface area contributed by atoms with Crippen molar-refractivity contribution in [1.82, 2.24) is 10.6 Å². The maximum absolute atomic E-state index is 14.0. The van der Waals surface area contributed by atoms with Gasteiger partial charge in [0.05, 0.1) is 16.1 Å². The highest BCUT2D eigenvalue weighted by molar-refractivity contribution is 6.31. The molecule has 0 spiro atoms. The van der Waals surface area contributed by atoms with E-state index in [9.17, 15) is 18.4 Å². The number of carbonyl (C=O) groups is 2. The number of anilines is 1. The lowest BCUT2D eigenvalue weighted by Gasteiger charge is -2.22.